The summed E-state index contributed by atoms with van der Waals surface area (Å²) in [5, 5.41) is 0. The third kappa shape index (κ3) is 3.80. The van der Waals surface area contributed by atoms with Gasteiger partial charge in [-0.1, -0.05) is 18.2 Å². The van der Waals surface area contributed by atoms with Crippen LogP contribution in [0.1, 0.15) is 20.8 Å². The summed E-state index contributed by atoms with van der Waals surface area (Å²) in [7, 11) is -3.62. The lowest BCUT2D eigenvalue weighted by Crippen LogP contribution is -2.40. The van der Waals surface area contributed by atoms with Crippen LogP contribution in [0.5, 0.6) is 0 Å². The topological polar surface area (TPSA) is 85.1 Å². The van der Waals surface area contributed by atoms with Gasteiger partial charge in [0.05, 0.1) is 4.90 Å². The zero-order valence-electron chi connectivity index (χ0n) is 12.3. The van der Waals surface area contributed by atoms with Gasteiger partial charge in [-0.25, -0.2) is 18.1 Å². The third-order valence-electron chi connectivity index (χ3n) is 2.71. The average molecular weight is 305 g/mol. The van der Waals surface area contributed by atoms with Crippen molar-refractivity contribution in [3.05, 3.63) is 42.6 Å². The average Bonchev–Trinajstić information content (AvgIpc) is 2.37. The molecule has 1 aromatic heterocycles. The van der Waals surface area contributed by atoms with Gasteiger partial charge in [0.2, 0.25) is 10.0 Å². The first-order valence-corrected chi connectivity index (χ1v) is 8.02. The molecule has 112 valence electrons. The molecule has 0 radical (unpaired) electrons. The number of anilines is 1. The minimum absolute atomic E-state index is 0.228. The molecule has 0 aliphatic rings. The van der Waals surface area contributed by atoms with Crippen molar-refractivity contribution in [2.24, 2.45) is 0 Å². The van der Waals surface area contributed by atoms with E-state index in [1.165, 1.54) is 0 Å². The van der Waals surface area contributed by atoms with E-state index in [0.717, 1.165) is 0 Å². The fraction of sp³-hybridized carbons (Fsp3) is 0.267. The van der Waals surface area contributed by atoms with Crippen molar-refractivity contribution in [2.75, 3.05) is 5.73 Å². The second-order valence-corrected chi connectivity index (χ2v) is 7.47. The largest absolute Gasteiger partial charge is 0.384 e. The molecule has 0 fully saturated rings. The van der Waals surface area contributed by atoms with Crippen molar-refractivity contribution in [3.8, 4) is 11.1 Å². The number of pyridine rings is 1. The highest BCUT2D eigenvalue weighted by atomic mass is 32.2. The number of sulfonamides is 1. The first-order chi connectivity index (χ1) is 9.69. The molecule has 1 heterocycles. The Bertz CT molecular complexity index is 732. The lowest BCUT2D eigenvalue weighted by molar-refractivity contribution is 0.491. The summed E-state index contributed by atoms with van der Waals surface area (Å²) in [4.78, 5) is 4.24. The highest BCUT2D eigenvalue weighted by Gasteiger charge is 2.24. The molecule has 3 N–H and O–H groups in total. The van der Waals surface area contributed by atoms with E-state index in [9.17, 15) is 8.42 Å². The standard InChI is InChI=1S/C15H19N3O2S/c1-15(2,3)18-21(19,20)13-7-5-4-6-12(13)11-8-9-14(16)17-10-11/h4-10,18H,1-3H3,(H2,16,17). The zero-order valence-corrected chi connectivity index (χ0v) is 13.1. The molecule has 0 atom stereocenters. The minimum Gasteiger partial charge on any atom is -0.384 e. The number of nitrogens with two attached hydrogens (primary N) is 1. The first kappa shape index (κ1) is 15.5. The van der Waals surface area contributed by atoms with Gasteiger partial charge in [-0.2, -0.15) is 0 Å². The lowest BCUT2D eigenvalue weighted by atomic mass is 10.1. The molecule has 21 heavy (non-hydrogen) atoms. The molecule has 0 unspecified atom stereocenters. The van der Waals surface area contributed by atoms with Gasteiger partial charge in [-0.3, -0.25) is 0 Å². The lowest BCUT2D eigenvalue weighted by Gasteiger charge is -2.21. The summed E-state index contributed by atoms with van der Waals surface area (Å²) in [5.74, 6) is 0.395. The number of nitrogens with zero attached hydrogens (tertiary/aromatic N) is 1. The van der Waals surface area contributed by atoms with Crippen molar-refractivity contribution in [2.45, 2.75) is 31.2 Å². The molecule has 0 aliphatic heterocycles. The highest BCUT2D eigenvalue weighted by Crippen LogP contribution is 2.27. The van der Waals surface area contributed by atoms with Gasteiger partial charge in [0.25, 0.3) is 0 Å². The quantitative estimate of drug-likeness (QED) is 0.912. The molecule has 1 aromatic carbocycles. The summed E-state index contributed by atoms with van der Waals surface area (Å²) in [6, 6.07) is 10.2. The molecule has 0 saturated heterocycles. The van der Waals surface area contributed by atoms with Gasteiger partial charge in [-0.05, 0) is 39.0 Å². The van der Waals surface area contributed by atoms with E-state index in [2.05, 4.69) is 9.71 Å². The van der Waals surface area contributed by atoms with E-state index in [-0.39, 0.29) is 4.90 Å². The smallest absolute Gasteiger partial charge is 0.241 e. The molecular formula is C15H19N3O2S. The summed E-state index contributed by atoms with van der Waals surface area (Å²) >= 11 is 0. The number of nitrogens with one attached hydrogen (secondary N) is 1. The Balaban J connectivity index is 2.54. The van der Waals surface area contributed by atoms with Crippen LogP contribution in [0.25, 0.3) is 11.1 Å². The van der Waals surface area contributed by atoms with Crippen molar-refractivity contribution in [1.29, 1.82) is 0 Å². The normalized spacial score (nSPS) is 12.3. The fourth-order valence-electron chi connectivity index (χ4n) is 1.96. The molecule has 0 saturated carbocycles. The van der Waals surface area contributed by atoms with Crippen molar-refractivity contribution < 1.29 is 8.42 Å². The van der Waals surface area contributed by atoms with Crippen LogP contribution in [0.2, 0.25) is 0 Å². The van der Waals surface area contributed by atoms with Crippen LogP contribution in [0.4, 0.5) is 5.82 Å². The molecule has 2 aromatic rings. The molecule has 6 heteroatoms. The van der Waals surface area contributed by atoms with Crippen molar-refractivity contribution >= 4 is 15.8 Å². The number of rotatable bonds is 3. The molecule has 0 amide bonds. The Hall–Kier alpha value is -1.92. The Morgan fingerprint density at radius 2 is 1.76 bits per heavy atom. The molecule has 0 bridgehead atoms. The van der Waals surface area contributed by atoms with E-state index in [1.54, 1.807) is 63.4 Å². The van der Waals surface area contributed by atoms with Crippen LogP contribution in [-0.4, -0.2) is 18.9 Å². The first-order valence-electron chi connectivity index (χ1n) is 6.54. The summed E-state index contributed by atoms with van der Waals surface area (Å²) in [6.45, 7) is 5.41. The number of benzene rings is 1. The number of nitrogen functional groups attached to an aromatic ring is 1. The zero-order chi connectivity index (χ0) is 15.7. The predicted molar refractivity (Wildman–Crippen MR) is 84.2 cm³/mol. The Morgan fingerprint density at radius 1 is 1.10 bits per heavy atom. The van der Waals surface area contributed by atoms with Crippen LogP contribution < -0.4 is 10.5 Å². The van der Waals surface area contributed by atoms with E-state index < -0.39 is 15.6 Å². The van der Waals surface area contributed by atoms with Crippen LogP contribution in [-0.2, 0) is 10.0 Å². The number of hydrogen-bond acceptors (Lipinski definition) is 4. The molecule has 0 aliphatic carbocycles. The predicted octanol–water partition coefficient (Wildman–Crippen LogP) is 2.41. The van der Waals surface area contributed by atoms with Crippen LogP contribution >= 0.6 is 0 Å². The Morgan fingerprint density at radius 3 is 2.33 bits per heavy atom. The molecular weight excluding hydrogens is 286 g/mol. The van der Waals surface area contributed by atoms with E-state index in [4.69, 9.17) is 5.73 Å². The van der Waals surface area contributed by atoms with E-state index >= 15 is 0 Å². The van der Waals surface area contributed by atoms with Crippen LogP contribution in [0, 0.1) is 0 Å². The maximum atomic E-state index is 12.6. The van der Waals surface area contributed by atoms with Gasteiger partial charge in [0, 0.05) is 22.9 Å². The van der Waals surface area contributed by atoms with Crippen molar-refractivity contribution in [3.63, 3.8) is 0 Å². The summed E-state index contributed by atoms with van der Waals surface area (Å²) in [6.07, 6.45) is 1.57. The van der Waals surface area contributed by atoms with Gasteiger partial charge < -0.3 is 5.73 Å². The monoisotopic (exact) mass is 305 g/mol. The maximum absolute atomic E-state index is 12.6. The molecule has 5 nitrogen and oxygen atoms in total. The number of aromatic nitrogens is 1. The minimum atomic E-state index is -3.62. The molecule has 2 rings (SSSR count). The van der Waals surface area contributed by atoms with Crippen LogP contribution in [0.3, 0.4) is 0 Å². The summed E-state index contributed by atoms with van der Waals surface area (Å²) in [5.41, 5.74) is 6.33. The maximum Gasteiger partial charge on any atom is 0.241 e. The van der Waals surface area contributed by atoms with Crippen molar-refractivity contribution in [1.82, 2.24) is 9.71 Å². The van der Waals surface area contributed by atoms with Crippen LogP contribution in [0.15, 0.2) is 47.5 Å². The SMILES string of the molecule is CC(C)(C)NS(=O)(=O)c1ccccc1-c1ccc(N)nc1. The highest BCUT2D eigenvalue weighted by molar-refractivity contribution is 7.89. The van der Waals surface area contributed by atoms with E-state index in [0.29, 0.717) is 16.9 Å². The summed E-state index contributed by atoms with van der Waals surface area (Å²) < 4.78 is 27.8. The second-order valence-electron chi connectivity index (χ2n) is 5.82. The second kappa shape index (κ2) is 5.46. The number of hydrogen-bond donors (Lipinski definition) is 2. The van der Waals surface area contributed by atoms with Gasteiger partial charge >= 0.3 is 0 Å². The Kier molecular flexibility index (Phi) is 4.02. The van der Waals surface area contributed by atoms with Gasteiger partial charge in [0.1, 0.15) is 5.82 Å². The van der Waals surface area contributed by atoms with Gasteiger partial charge in [0.15, 0.2) is 0 Å². The molecule has 0 spiro atoms. The van der Waals surface area contributed by atoms with E-state index in [1.807, 2.05) is 0 Å². The Labute approximate surface area is 125 Å². The van der Waals surface area contributed by atoms with Gasteiger partial charge in [-0.15, -0.1) is 0 Å². The fourth-order valence-corrected chi connectivity index (χ4v) is 3.61. The third-order valence-corrected chi connectivity index (χ3v) is 4.53.